The van der Waals surface area contributed by atoms with E-state index in [2.05, 4.69) is 5.32 Å². The van der Waals surface area contributed by atoms with Crippen LogP contribution < -0.4 is 5.32 Å². The summed E-state index contributed by atoms with van der Waals surface area (Å²) < 4.78 is 15.4. The van der Waals surface area contributed by atoms with Gasteiger partial charge in [-0.3, -0.25) is 9.59 Å². The normalized spacial score (nSPS) is 26.1. The molecule has 2 fully saturated rings. The molecule has 4 rings (SSSR count). The number of aryl methyl sites for hydroxylation is 1. The molecule has 1 saturated carbocycles. The number of amides is 2. The number of carbonyl (C=O) groups is 2. The molecule has 7 heteroatoms. The van der Waals surface area contributed by atoms with Gasteiger partial charge in [0.05, 0.1) is 0 Å². The SMILES string of the molecule is CCc1cccc(C2(CC3NC(=O)C(O)=C4C(=O)N(C)[C@@H](C)CN43)CCCC2)c1F. The van der Waals surface area contributed by atoms with E-state index < -0.39 is 23.2 Å². The van der Waals surface area contributed by atoms with Crippen molar-refractivity contribution in [2.75, 3.05) is 13.6 Å². The van der Waals surface area contributed by atoms with Gasteiger partial charge in [-0.05, 0) is 43.7 Å². The fourth-order valence-electron chi connectivity index (χ4n) is 5.34. The summed E-state index contributed by atoms with van der Waals surface area (Å²) in [5.41, 5.74) is 1.07. The Balaban J connectivity index is 1.73. The van der Waals surface area contributed by atoms with E-state index in [-0.39, 0.29) is 23.5 Å². The molecule has 0 radical (unpaired) electrons. The Morgan fingerprint density at radius 3 is 2.63 bits per heavy atom. The van der Waals surface area contributed by atoms with Crippen molar-refractivity contribution in [2.45, 2.75) is 70.0 Å². The summed E-state index contributed by atoms with van der Waals surface area (Å²) >= 11 is 0. The lowest BCUT2D eigenvalue weighted by Crippen LogP contribution is -2.63. The molecule has 0 aromatic heterocycles. The van der Waals surface area contributed by atoms with E-state index in [9.17, 15) is 14.7 Å². The van der Waals surface area contributed by atoms with Crippen molar-refractivity contribution in [3.8, 4) is 0 Å². The van der Waals surface area contributed by atoms with Crippen LogP contribution in [0.1, 0.15) is 57.1 Å². The van der Waals surface area contributed by atoms with E-state index in [1.54, 1.807) is 11.9 Å². The minimum Gasteiger partial charge on any atom is -0.501 e. The highest BCUT2D eigenvalue weighted by molar-refractivity contribution is 6.04. The van der Waals surface area contributed by atoms with E-state index in [4.69, 9.17) is 0 Å². The molecule has 2 amide bonds. The molecular formula is C23H30FN3O3. The maximum Gasteiger partial charge on any atom is 0.290 e. The number of fused-ring (bicyclic) bond motifs is 1. The largest absolute Gasteiger partial charge is 0.501 e. The molecule has 2 N–H and O–H groups in total. The number of rotatable bonds is 4. The quantitative estimate of drug-likeness (QED) is 0.793. The summed E-state index contributed by atoms with van der Waals surface area (Å²) in [6.07, 6.45) is 4.35. The summed E-state index contributed by atoms with van der Waals surface area (Å²) in [6.45, 7) is 4.39. The fourth-order valence-corrected chi connectivity index (χ4v) is 5.34. The molecule has 0 bridgehead atoms. The predicted octanol–water partition coefficient (Wildman–Crippen LogP) is 2.98. The third kappa shape index (κ3) is 3.15. The Morgan fingerprint density at radius 1 is 1.27 bits per heavy atom. The first-order valence-electron chi connectivity index (χ1n) is 10.8. The molecule has 0 spiro atoms. The second-order valence-electron chi connectivity index (χ2n) is 8.93. The molecular weight excluding hydrogens is 385 g/mol. The van der Waals surface area contributed by atoms with Crippen LogP contribution in [0.5, 0.6) is 0 Å². The van der Waals surface area contributed by atoms with Crippen LogP contribution in [0.4, 0.5) is 4.39 Å². The van der Waals surface area contributed by atoms with Crippen molar-refractivity contribution >= 4 is 11.8 Å². The standard InChI is InChI=1S/C23H30FN3O3/c1-4-15-8-7-9-16(18(15)24)23(10-5-6-11-23)12-17-25-21(29)20(28)19-22(30)26(3)14(2)13-27(17)19/h7-9,14,17,28H,4-6,10-13H2,1-3H3,(H,25,29)/t14-,17?/m0/s1. The first-order chi connectivity index (χ1) is 14.3. The van der Waals surface area contributed by atoms with Crippen molar-refractivity contribution in [1.29, 1.82) is 0 Å². The van der Waals surface area contributed by atoms with E-state index in [1.807, 2.05) is 36.9 Å². The van der Waals surface area contributed by atoms with E-state index in [0.717, 1.165) is 25.7 Å². The number of hydrogen-bond acceptors (Lipinski definition) is 4. The van der Waals surface area contributed by atoms with Gasteiger partial charge < -0.3 is 20.2 Å². The van der Waals surface area contributed by atoms with Gasteiger partial charge in [-0.2, -0.15) is 0 Å². The van der Waals surface area contributed by atoms with Crippen LogP contribution >= 0.6 is 0 Å². The number of aliphatic hydroxyl groups excluding tert-OH is 1. The Bertz CT molecular complexity index is 907. The van der Waals surface area contributed by atoms with E-state index in [1.165, 1.54) is 0 Å². The summed E-state index contributed by atoms with van der Waals surface area (Å²) in [7, 11) is 1.68. The molecule has 1 unspecified atom stereocenters. The molecule has 162 valence electrons. The zero-order valence-corrected chi connectivity index (χ0v) is 17.9. The molecule has 1 aliphatic carbocycles. The number of likely N-dealkylation sites (N-methyl/N-ethyl adjacent to an activating group) is 1. The molecule has 1 saturated heterocycles. The van der Waals surface area contributed by atoms with Gasteiger partial charge in [-0.25, -0.2) is 4.39 Å². The third-order valence-electron chi connectivity index (χ3n) is 7.22. The highest BCUT2D eigenvalue weighted by atomic mass is 19.1. The highest BCUT2D eigenvalue weighted by Gasteiger charge is 2.47. The molecule has 3 aliphatic rings. The fraction of sp³-hybridized carbons (Fsp3) is 0.565. The first kappa shape index (κ1) is 20.7. The minimum atomic E-state index is -0.640. The van der Waals surface area contributed by atoms with Crippen molar-refractivity contribution in [2.24, 2.45) is 0 Å². The Hall–Kier alpha value is -2.57. The van der Waals surface area contributed by atoms with Gasteiger partial charge in [-0.1, -0.05) is 38.0 Å². The van der Waals surface area contributed by atoms with Gasteiger partial charge in [0, 0.05) is 25.0 Å². The van der Waals surface area contributed by atoms with Gasteiger partial charge in [-0.15, -0.1) is 0 Å². The second-order valence-corrected chi connectivity index (χ2v) is 8.93. The maximum absolute atomic E-state index is 15.4. The van der Waals surface area contributed by atoms with Crippen LogP contribution in [0.25, 0.3) is 0 Å². The van der Waals surface area contributed by atoms with Crippen molar-refractivity contribution < 1.29 is 19.1 Å². The zero-order chi connectivity index (χ0) is 21.6. The Labute approximate surface area is 176 Å². The molecule has 1 aromatic carbocycles. The van der Waals surface area contributed by atoms with Gasteiger partial charge in [0.25, 0.3) is 11.8 Å². The van der Waals surface area contributed by atoms with Gasteiger partial charge in [0.2, 0.25) is 5.76 Å². The summed E-state index contributed by atoms with van der Waals surface area (Å²) in [4.78, 5) is 28.7. The predicted molar refractivity (Wildman–Crippen MR) is 111 cm³/mol. The average molecular weight is 416 g/mol. The van der Waals surface area contributed by atoms with Gasteiger partial charge in [0.1, 0.15) is 12.0 Å². The van der Waals surface area contributed by atoms with Crippen LogP contribution in [-0.2, 0) is 21.4 Å². The summed E-state index contributed by atoms with van der Waals surface area (Å²) in [6, 6.07) is 5.54. The maximum atomic E-state index is 15.4. The topological polar surface area (TPSA) is 72.9 Å². The van der Waals surface area contributed by atoms with E-state index >= 15 is 4.39 Å². The van der Waals surface area contributed by atoms with Crippen LogP contribution in [0.15, 0.2) is 29.7 Å². The van der Waals surface area contributed by atoms with Crippen LogP contribution in [0, 0.1) is 5.82 Å². The minimum absolute atomic E-state index is 0.0558. The number of piperazine rings is 1. The zero-order valence-electron chi connectivity index (χ0n) is 17.9. The van der Waals surface area contributed by atoms with Crippen LogP contribution in [0.3, 0.4) is 0 Å². The monoisotopic (exact) mass is 415 g/mol. The number of aliphatic hydroxyl groups is 1. The number of halogens is 1. The molecule has 2 heterocycles. The smallest absolute Gasteiger partial charge is 0.290 e. The van der Waals surface area contributed by atoms with Crippen molar-refractivity contribution in [3.05, 3.63) is 46.6 Å². The number of benzene rings is 1. The van der Waals surface area contributed by atoms with Gasteiger partial charge in [0.15, 0.2) is 5.70 Å². The molecule has 2 atom stereocenters. The number of nitrogens with zero attached hydrogens (tertiary/aromatic N) is 2. The van der Waals surface area contributed by atoms with Crippen molar-refractivity contribution in [1.82, 2.24) is 15.1 Å². The van der Waals surface area contributed by atoms with Crippen LogP contribution in [-0.4, -0.2) is 52.5 Å². The lowest BCUT2D eigenvalue weighted by atomic mass is 9.73. The molecule has 1 aromatic rings. The molecule has 30 heavy (non-hydrogen) atoms. The highest BCUT2D eigenvalue weighted by Crippen LogP contribution is 2.47. The van der Waals surface area contributed by atoms with Crippen LogP contribution in [0.2, 0.25) is 0 Å². The lowest BCUT2D eigenvalue weighted by Gasteiger charge is -2.48. The third-order valence-corrected chi connectivity index (χ3v) is 7.22. The lowest BCUT2D eigenvalue weighted by molar-refractivity contribution is -0.138. The molecule has 2 aliphatic heterocycles. The second kappa shape index (κ2) is 7.60. The summed E-state index contributed by atoms with van der Waals surface area (Å²) in [5, 5.41) is 13.2. The number of nitrogens with one attached hydrogen (secondary N) is 1. The number of hydrogen-bond donors (Lipinski definition) is 2. The number of carbonyl (C=O) groups excluding carboxylic acids is 2. The molecule has 6 nitrogen and oxygen atoms in total. The van der Waals surface area contributed by atoms with E-state index in [0.29, 0.717) is 30.5 Å². The van der Waals surface area contributed by atoms with Gasteiger partial charge >= 0.3 is 0 Å². The van der Waals surface area contributed by atoms with Crippen molar-refractivity contribution in [3.63, 3.8) is 0 Å². The summed E-state index contributed by atoms with van der Waals surface area (Å²) in [5.74, 6) is -1.68. The Kier molecular flexibility index (Phi) is 5.24. The Morgan fingerprint density at radius 2 is 1.97 bits per heavy atom. The average Bonchev–Trinajstić information content (AvgIpc) is 3.19. The first-order valence-corrected chi connectivity index (χ1v) is 10.8.